The van der Waals surface area contributed by atoms with Gasteiger partial charge in [0.05, 0.1) is 22.7 Å². The number of nitrogens with one attached hydrogen (secondary N) is 1. The number of nitrogens with zero attached hydrogens (tertiary/aromatic N) is 2. The van der Waals surface area contributed by atoms with Crippen LogP contribution < -0.4 is 4.72 Å². The summed E-state index contributed by atoms with van der Waals surface area (Å²) in [5, 5.41) is 18.3. The van der Waals surface area contributed by atoms with Crippen molar-refractivity contribution in [2.45, 2.75) is 42.5 Å². The molecule has 0 spiro atoms. The van der Waals surface area contributed by atoms with Gasteiger partial charge >= 0.3 is 0 Å². The lowest BCUT2D eigenvalue weighted by Gasteiger charge is -2.31. The summed E-state index contributed by atoms with van der Waals surface area (Å²) in [5.74, 6) is 0. The molecule has 0 bridgehead atoms. The molecule has 7 heteroatoms. The van der Waals surface area contributed by atoms with Crippen LogP contribution in [0.3, 0.4) is 0 Å². The van der Waals surface area contributed by atoms with Gasteiger partial charge in [0.15, 0.2) is 0 Å². The average molecular weight is 324 g/mol. The number of halogens is 1. The smallest absolute Gasteiger partial charge is 0.207 e. The molecule has 1 aromatic carbocycles. The van der Waals surface area contributed by atoms with Crippen LogP contribution in [-0.2, 0) is 10.0 Å². The lowest BCUT2D eigenvalue weighted by molar-refractivity contribution is 0.338. The first-order chi connectivity index (χ1) is 9.92. The fourth-order valence-corrected chi connectivity index (χ4v) is 4.39. The first kappa shape index (κ1) is 15.8. The normalized spacial score (nSPS) is 17.7. The number of hydrogen-bond acceptors (Lipinski definition) is 4. The number of rotatable bonds is 3. The van der Waals surface area contributed by atoms with Crippen molar-refractivity contribution in [3.8, 4) is 12.1 Å². The Balaban J connectivity index is 2.39. The van der Waals surface area contributed by atoms with Crippen LogP contribution in [0.25, 0.3) is 0 Å². The van der Waals surface area contributed by atoms with E-state index >= 15 is 0 Å². The van der Waals surface area contributed by atoms with Gasteiger partial charge < -0.3 is 0 Å². The number of sulfonamides is 1. The quantitative estimate of drug-likeness (QED) is 0.925. The van der Waals surface area contributed by atoms with Crippen molar-refractivity contribution in [1.29, 1.82) is 10.5 Å². The van der Waals surface area contributed by atoms with Gasteiger partial charge in [-0.15, -0.1) is 0 Å². The Kier molecular flexibility index (Phi) is 4.53. The summed E-state index contributed by atoms with van der Waals surface area (Å²) < 4.78 is 27.5. The van der Waals surface area contributed by atoms with Crippen molar-refractivity contribution >= 4 is 21.6 Å². The van der Waals surface area contributed by atoms with Crippen LogP contribution >= 0.6 is 11.6 Å². The van der Waals surface area contributed by atoms with Gasteiger partial charge in [0.2, 0.25) is 10.0 Å². The van der Waals surface area contributed by atoms with Crippen molar-refractivity contribution in [3.63, 3.8) is 0 Å². The van der Waals surface area contributed by atoms with Crippen molar-refractivity contribution in [3.05, 3.63) is 28.8 Å². The van der Waals surface area contributed by atoms with Crippen molar-refractivity contribution in [2.75, 3.05) is 0 Å². The lowest BCUT2D eigenvalue weighted by atomic mass is 9.84. The zero-order chi connectivity index (χ0) is 15.5. The SMILES string of the molecule is N#Cc1ccc(Cl)c(S(=O)(=O)NC2(C#N)CCCCC2)c1. The second-order valence-electron chi connectivity index (χ2n) is 5.12. The molecule has 0 heterocycles. The van der Waals surface area contributed by atoms with Gasteiger partial charge in [0.25, 0.3) is 0 Å². The molecule has 110 valence electrons. The van der Waals surface area contributed by atoms with Crippen molar-refractivity contribution < 1.29 is 8.42 Å². The van der Waals surface area contributed by atoms with E-state index in [1.807, 2.05) is 6.07 Å². The molecule has 2 rings (SSSR count). The zero-order valence-corrected chi connectivity index (χ0v) is 12.8. The molecule has 1 aliphatic carbocycles. The van der Waals surface area contributed by atoms with Crippen LogP contribution in [0, 0.1) is 22.7 Å². The molecule has 0 unspecified atom stereocenters. The maximum absolute atomic E-state index is 12.5. The fraction of sp³-hybridized carbons (Fsp3) is 0.429. The van der Waals surface area contributed by atoms with Crippen LogP contribution in [0.5, 0.6) is 0 Å². The standard InChI is InChI=1S/C14H14ClN3O2S/c15-12-5-4-11(9-16)8-13(12)21(19,20)18-14(10-17)6-2-1-3-7-14/h4-5,8,18H,1-3,6-7H2. The van der Waals surface area contributed by atoms with Gasteiger partial charge in [-0.2, -0.15) is 15.2 Å². The van der Waals surface area contributed by atoms with E-state index < -0.39 is 15.6 Å². The van der Waals surface area contributed by atoms with Crippen LogP contribution in [0.2, 0.25) is 5.02 Å². The molecule has 0 radical (unpaired) electrons. The summed E-state index contributed by atoms with van der Waals surface area (Å²) >= 11 is 5.93. The molecule has 0 atom stereocenters. The fourth-order valence-electron chi connectivity index (χ4n) is 2.48. The summed E-state index contributed by atoms with van der Waals surface area (Å²) in [5.41, 5.74) is -0.877. The largest absolute Gasteiger partial charge is 0.243 e. The Morgan fingerprint density at radius 2 is 1.86 bits per heavy atom. The Hall–Kier alpha value is -1.60. The summed E-state index contributed by atoms with van der Waals surface area (Å²) in [7, 11) is -3.95. The predicted molar refractivity (Wildman–Crippen MR) is 77.9 cm³/mol. The van der Waals surface area contributed by atoms with E-state index in [4.69, 9.17) is 16.9 Å². The molecule has 0 amide bonds. The van der Waals surface area contributed by atoms with Gasteiger partial charge in [0.1, 0.15) is 10.4 Å². The lowest BCUT2D eigenvalue weighted by Crippen LogP contribution is -2.48. The van der Waals surface area contributed by atoms with E-state index in [-0.39, 0.29) is 15.5 Å². The number of nitriles is 2. The van der Waals surface area contributed by atoms with Crippen molar-refractivity contribution in [1.82, 2.24) is 4.72 Å². The molecular weight excluding hydrogens is 310 g/mol. The molecule has 1 N–H and O–H groups in total. The highest BCUT2D eigenvalue weighted by Crippen LogP contribution is 2.31. The number of hydrogen-bond donors (Lipinski definition) is 1. The van der Waals surface area contributed by atoms with Gasteiger partial charge in [0, 0.05) is 0 Å². The maximum atomic E-state index is 12.5. The zero-order valence-electron chi connectivity index (χ0n) is 11.3. The van der Waals surface area contributed by atoms with Crippen LogP contribution in [0.15, 0.2) is 23.1 Å². The third kappa shape index (κ3) is 3.36. The highest BCUT2D eigenvalue weighted by atomic mass is 35.5. The molecule has 1 aromatic rings. The Morgan fingerprint density at radius 3 is 2.43 bits per heavy atom. The van der Waals surface area contributed by atoms with E-state index in [1.165, 1.54) is 18.2 Å². The minimum absolute atomic E-state index is 0.0328. The van der Waals surface area contributed by atoms with Crippen molar-refractivity contribution in [2.24, 2.45) is 0 Å². The minimum Gasteiger partial charge on any atom is -0.207 e. The second kappa shape index (κ2) is 6.03. The molecule has 5 nitrogen and oxygen atoms in total. The Bertz CT molecular complexity index is 726. The first-order valence-electron chi connectivity index (χ1n) is 6.57. The van der Waals surface area contributed by atoms with Gasteiger partial charge in [-0.05, 0) is 31.0 Å². The molecule has 1 saturated carbocycles. The minimum atomic E-state index is -3.95. The molecule has 1 fully saturated rings. The Morgan fingerprint density at radius 1 is 1.19 bits per heavy atom. The van der Waals surface area contributed by atoms with E-state index in [2.05, 4.69) is 10.8 Å². The van der Waals surface area contributed by atoms with Crippen LogP contribution in [0.4, 0.5) is 0 Å². The summed E-state index contributed by atoms with van der Waals surface area (Å²) in [6, 6.07) is 8.01. The highest BCUT2D eigenvalue weighted by molar-refractivity contribution is 7.89. The van der Waals surface area contributed by atoms with E-state index in [0.717, 1.165) is 19.3 Å². The Labute approximate surface area is 129 Å². The first-order valence-corrected chi connectivity index (χ1v) is 8.43. The molecule has 21 heavy (non-hydrogen) atoms. The third-order valence-corrected chi connectivity index (χ3v) is 5.62. The van der Waals surface area contributed by atoms with Crippen LogP contribution in [-0.4, -0.2) is 14.0 Å². The second-order valence-corrected chi connectivity index (χ2v) is 7.18. The third-order valence-electron chi connectivity index (χ3n) is 3.60. The average Bonchev–Trinajstić information content (AvgIpc) is 2.48. The predicted octanol–water partition coefficient (Wildman–Crippen LogP) is 2.72. The maximum Gasteiger partial charge on any atom is 0.243 e. The van der Waals surface area contributed by atoms with E-state index in [1.54, 1.807) is 0 Å². The van der Waals surface area contributed by atoms with E-state index in [9.17, 15) is 13.7 Å². The summed E-state index contributed by atoms with van der Waals surface area (Å²) in [4.78, 5) is -0.164. The van der Waals surface area contributed by atoms with Gasteiger partial charge in [-0.3, -0.25) is 0 Å². The highest BCUT2D eigenvalue weighted by Gasteiger charge is 2.37. The number of benzene rings is 1. The summed E-state index contributed by atoms with van der Waals surface area (Å²) in [6.07, 6.45) is 3.58. The molecule has 0 aliphatic heterocycles. The van der Waals surface area contributed by atoms with Crippen LogP contribution in [0.1, 0.15) is 37.7 Å². The molecule has 0 saturated heterocycles. The molecule has 1 aliphatic rings. The molecule has 0 aromatic heterocycles. The monoisotopic (exact) mass is 323 g/mol. The topological polar surface area (TPSA) is 93.8 Å². The molecular formula is C14H14ClN3O2S. The summed E-state index contributed by atoms with van der Waals surface area (Å²) in [6.45, 7) is 0. The van der Waals surface area contributed by atoms with E-state index in [0.29, 0.717) is 12.8 Å². The van der Waals surface area contributed by atoms with Gasteiger partial charge in [-0.25, -0.2) is 8.42 Å². The van der Waals surface area contributed by atoms with Gasteiger partial charge in [-0.1, -0.05) is 30.9 Å².